The normalized spacial score (nSPS) is 15.6. The Balaban J connectivity index is 1.71. The van der Waals surface area contributed by atoms with Crippen molar-refractivity contribution in [1.82, 2.24) is 0 Å². The van der Waals surface area contributed by atoms with Crippen LogP contribution in [0.15, 0.2) is 84.2 Å². The molecule has 1 unspecified atom stereocenters. The van der Waals surface area contributed by atoms with E-state index in [1.165, 1.54) is 6.07 Å². The maximum Gasteiger partial charge on any atom is 0.417 e. The van der Waals surface area contributed by atoms with Crippen molar-refractivity contribution in [3.8, 4) is 22.3 Å². The third kappa shape index (κ3) is 3.78. The third-order valence-corrected chi connectivity index (χ3v) is 6.73. The molecule has 3 aromatic carbocycles. The van der Waals surface area contributed by atoms with E-state index in [0.717, 1.165) is 17.4 Å². The van der Waals surface area contributed by atoms with E-state index in [1.807, 2.05) is 0 Å². The minimum absolute atomic E-state index is 0.0324. The molecule has 0 amide bonds. The van der Waals surface area contributed by atoms with Crippen LogP contribution in [-0.2, 0) is 11.0 Å². The summed E-state index contributed by atoms with van der Waals surface area (Å²) >= 11 is 1.16. The average Bonchev–Trinajstić information content (AvgIpc) is 3.28. The summed E-state index contributed by atoms with van der Waals surface area (Å²) in [5.41, 5.74) is 1.77. The molecule has 4 aromatic rings. The fourth-order valence-corrected chi connectivity index (χ4v) is 5.25. The van der Waals surface area contributed by atoms with Crippen LogP contribution in [0.3, 0.4) is 0 Å². The first-order chi connectivity index (χ1) is 16.4. The van der Waals surface area contributed by atoms with Crippen molar-refractivity contribution in [2.24, 2.45) is 0 Å². The molecule has 170 valence electrons. The molecule has 0 radical (unpaired) electrons. The number of hydrogen-bond donors (Lipinski definition) is 2. The molecule has 1 aliphatic heterocycles. The highest BCUT2D eigenvalue weighted by atomic mass is 32.1. The van der Waals surface area contributed by atoms with Gasteiger partial charge in [0.25, 0.3) is 0 Å². The standard InChI is InChI=1S/C27H18F3NO2S/c28-27(29,30)21-13-18(16-7-3-1-4-8-16)11-12-19(21)20-15-34-26-24(20)25(33)23(22(14-32)31-26)17-9-5-2-6-10-17/h1-15,22,31,33H. The summed E-state index contributed by atoms with van der Waals surface area (Å²) in [5, 5.41) is 16.3. The molecule has 0 bridgehead atoms. The summed E-state index contributed by atoms with van der Waals surface area (Å²) in [5.74, 6) is -0.200. The summed E-state index contributed by atoms with van der Waals surface area (Å²) in [6.07, 6.45) is -3.93. The predicted octanol–water partition coefficient (Wildman–Crippen LogP) is 7.52. The maximum absolute atomic E-state index is 14.2. The smallest absolute Gasteiger partial charge is 0.417 e. The highest BCUT2D eigenvalue weighted by Gasteiger charge is 2.37. The molecule has 34 heavy (non-hydrogen) atoms. The second-order valence-corrected chi connectivity index (χ2v) is 8.74. The van der Waals surface area contributed by atoms with Crippen LogP contribution in [0.1, 0.15) is 16.7 Å². The summed E-state index contributed by atoms with van der Waals surface area (Å²) in [7, 11) is 0. The Morgan fingerprint density at radius 3 is 2.12 bits per heavy atom. The van der Waals surface area contributed by atoms with E-state index in [0.29, 0.717) is 33.6 Å². The van der Waals surface area contributed by atoms with E-state index in [-0.39, 0.29) is 22.4 Å². The van der Waals surface area contributed by atoms with E-state index < -0.39 is 17.8 Å². The lowest BCUT2D eigenvalue weighted by molar-refractivity contribution is -0.137. The highest BCUT2D eigenvalue weighted by Crippen LogP contribution is 2.49. The Kier molecular flexibility index (Phi) is 5.49. The number of carbonyl (C=O) groups excluding carboxylic acids is 1. The van der Waals surface area contributed by atoms with Crippen LogP contribution >= 0.6 is 11.3 Å². The van der Waals surface area contributed by atoms with Crippen LogP contribution in [0.2, 0.25) is 0 Å². The first-order valence-corrected chi connectivity index (χ1v) is 11.4. The van der Waals surface area contributed by atoms with Crippen molar-refractivity contribution in [3.05, 3.63) is 101 Å². The number of benzene rings is 3. The van der Waals surface area contributed by atoms with E-state index in [4.69, 9.17) is 0 Å². The Bertz CT molecular complexity index is 1390. The lowest BCUT2D eigenvalue weighted by Crippen LogP contribution is -2.27. The van der Waals surface area contributed by atoms with Gasteiger partial charge in [-0.1, -0.05) is 72.8 Å². The van der Waals surface area contributed by atoms with Crippen molar-refractivity contribution < 1.29 is 23.1 Å². The van der Waals surface area contributed by atoms with Gasteiger partial charge in [-0.05, 0) is 28.3 Å². The van der Waals surface area contributed by atoms with Crippen LogP contribution in [0.5, 0.6) is 0 Å². The van der Waals surface area contributed by atoms with Gasteiger partial charge >= 0.3 is 6.18 Å². The van der Waals surface area contributed by atoms with Crippen LogP contribution < -0.4 is 5.32 Å². The third-order valence-electron chi connectivity index (χ3n) is 5.82. The monoisotopic (exact) mass is 477 g/mol. The number of carbonyl (C=O) groups is 1. The van der Waals surface area contributed by atoms with Crippen LogP contribution in [0, 0.1) is 0 Å². The zero-order valence-corrected chi connectivity index (χ0v) is 18.5. The predicted molar refractivity (Wildman–Crippen MR) is 130 cm³/mol. The van der Waals surface area contributed by atoms with Crippen LogP contribution in [-0.4, -0.2) is 17.4 Å². The van der Waals surface area contributed by atoms with Gasteiger partial charge in [-0.3, -0.25) is 0 Å². The summed E-state index contributed by atoms with van der Waals surface area (Å²) in [6.45, 7) is 0. The number of thiophene rings is 1. The summed E-state index contributed by atoms with van der Waals surface area (Å²) < 4.78 is 42.6. The molecule has 1 aliphatic rings. The number of alkyl halides is 3. The number of hydrogen-bond acceptors (Lipinski definition) is 4. The van der Waals surface area contributed by atoms with Gasteiger partial charge in [0.2, 0.25) is 0 Å². The minimum Gasteiger partial charge on any atom is -0.507 e. The molecule has 0 aliphatic carbocycles. The summed E-state index contributed by atoms with van der Waals surface area (Å²) in [4.78, 5) is 11.8. The number of aldehydes is 1. The number of aliphatic hydroxyl groups is 1. The van der Waals surface area contributed by atoms with Crippen molar-refractivity contribution in [2.75, 3.05) is 5.32 Å². The molecule has 0 saturated carbocycles. The second kappa shape index (κ2) is 8.50. The quantitative estimate of drug-likeness (QED) is 0.299. The molecule has 7 heteroatoms. The molecule has 3 nitrogen and oxygen atoms in total. The molecule has 2 heterocycles. The molecular formula is C27H18F3NO2S. The molecule has 1 atom stereocenters. The number of fused-ring (bicyclic) bond motifs is 1. The topological polar surface area (TPSA) is 49.3 Å². The lowest BCUT2D eigenvalue weighted by atomic mass is 9.88. The van der Waals surface area contributed by atoms with Crippen molar-refractivity contribution in [2.45, 2.75) is 12.2 Å². The molecule has 0 fully saturated rings. The van der Waals surface area contributed by atoms with Gasteiger partial charge < -0.3 is 15.2 Å². The van der Waals surface area contributed by atoms with Gasteiger partial charge in [0.1, 0.15) is 23.1 Å². The number of anilines is 1. The average molecular weight is 478 g/mol. The maximum atomic E-state index is 14.2. The number of nitrogens with one attached hydrogen (secondary N) is 1. The largest absolute Gasteiger partial charge is 0.507 e. The van der Waals surface area contributed by atoms with E-state index in [9.17, 15) is 23.1 Å². The molecule has 2 N–H and O–H groups in total. The Morgan fingerprint density at radius 1 is 0.853 bits per heavy atom. The number of halogens is 3. The first kappa shape index (κ1) is 22.0. The van der Waals surface area contributed by atoms with Gasteiger partial charge in [-0.15, -0.1) is 11.3 Å². The SMILES string of the molecule is O=CC1Nc2scc(-c3ccc(-c4ccccc4)cc3C(F)(F)F)c2C(O)=C1c1ccccc1. The molecule has 5 rings (SSSR count). The second-order valence-electron chi connectivity index (χ2n) is 7.86. The van der Waals surface area contributed by atoms with Gasteiger partial charge in [-0.2, -0.15) is 13.2 Å². The van der Waals surface area contributed by atoms with Gasteiger partial charge in [-0.25, -0.2) is 0 Å². The van der Waals surface area contributed by atoms with E-state index in [2.05, 4.69) is 5.32 Å². The highest BCUT2D eigenvalue weighted by molar-refractivity contribution is 7.15. The van der Waals surface area contributed by atoms with Gasteiger partial charge in [0.05, 0.1) is 11.1 Å². The molecule has 0 spiro atoms. The molecular weight excluding hydrogens is 459 g/mol. The molecule has 1 aromatic heterocycles. The lowest BCUT2D eigenvalue weighted by Gasteiger charge is -2.26. The van der Waals surface area contributed by atoms with Crippen LogP contribution in [0.4, 0.5) is 18.2 Å². The van der Waals surface area contributed by atoms with Gasteiger partial charge in [0.15, 0.2) is 0 Å². The molecule has 0 saturated heterocycles. The summed E-state index contributed by atoms with van der Waals surface area (Å²) in [6, 6.07) is 21.1. The fourth-order valence-electron chi connectivity index (χ4n) is 4.25. The Labute approximate surface area is 197 Å². The minimum atomic E-state index is -4.61. The Hall–Kier alpha value is -3.84. The van der Waals surface area contributed by atoms with Crippen LogP contribution in [0.25, 0.3) is 33.6 Å². The number of aliphatic hydroxyl groups excluding tert-OH is 1. The first-order valence-electron chi connectivity index (χ1n) is 10.5. The van der Waals surface area contributed by atoms with E-state index >= 15 is 0 Å². The van der Waals surface area contributed by atoms with Crippen molar-refractivity contribution >= 4 is 34.0 Å². The fraction of sp³-hybridized carbons (Fsp3) is 0.0741. The van der Waals surface area contributed by atoms with Gasteiger partial charge in [0, 0.05) is 16.5 Å². The van der Waals surface area contributed by atoms with E-state index in [1.54, 1.807) is 72.1 Å². The number of rotatable bonds is 4. The van der Waals surface area contributed by atoms with Crippen molar-refractivity contribution in [1.29, 1.82) is 0 Å². The zero-order chi connectivity index (χ0) is 23.9. The van der Waals surface area contributed by atoms with Crippen molar-refractivity contribution in [3.63, 3.8) is 0 Å². The Morgan fingerprint density at radius 2 is 1.50 bits per heavy atom. The zero-order valence-electron chi connectivity index (χ0n) is 17.6.